The first-order valence-electron chi connectivity index (χ1n) is 11.6. The second kappa shape index (κ2) is 12.5. The maximum absolute atomic E-state index is 12.8. The Morgan fingerprint density at radius 3 is 2.43 bits per heavy atom. The maximum atomic E-state index is 12.8. The number of carbonyl (C=O) groups is 2. The number of nitrogens with zero attached hydrogens (tertiary/aromatic N) is 2. The summed E-state index contributed by atoms with van der Waals surface area (Å²) in [6, 6.07) is 12.1. The summed E-state index contributed by atoms with van der Waals surface area (Å²) < 4.78 is 17.0. The van der Waals surface area contributed by atoms with Crippen LogP contribution in [-0.4, -0.2) is 42.5 Å². The van der Waals surface area contributed by atoms with Gasteiger partial charge in [0.25, 0.3) is 11.5 Å². The highest BCUT2D eigenvalue weighted by Crippen LogP contribution is 2.27. The number of hydrogen-bond acceptors (Lipinski definition) is 7. The van der Waals surface area contributed by atoms with Crippen LogP contribution in [0.2, 0.25) is 0 Å². The van der Waals surface area contributed by atoms with E-state index in [4.69, 9.17) is 14.2 Å². The number of benzene rings is 2. The van der Waals surface area contributed by atoms with E-state index >= 15 is 0 Å². The summed E-state index contributed by atoms with van der Waals surface area (Å²) >= 11 is 0. The number of ether oxygens (including phenoxy) is 3. The Morgan fingerprint density at radius 1 is 0.971 bits per heavy atom. The SMILES string of the molecule is CCCCCCn1nc(C(=O)OCC(=O)NCc2ccc(OC)c(OC)c2)c2ccccc2c1=O. The summed E-state index contributed by atoms with van der Waals surface area (Å²) in [6.07, 6.45) is 3.89. The van der Waals surface area contributed by atoms with Gasteiger partial charge in [-0.1, -0.05) is 50.5 Å². The van der Waals surface area contributed by atoms with E-state index in [0.717, 1.165) is 31.2 Å². The fourth-order valence-corrected chi connectivity index (χ4v) is 3.67. The molecule has 1 amide bonds. The number of aromatic nitrogens is 2. The van der Waals surface area contributed by atoms with Crippen LogP contribution in [0.1, 0.15) is 48.7 Å². The fraction of sp³-hybridized carbons (Fsp3) is 0.385. The van der Waals surface area contributed by atoms with Gasteiger partial charge in [0.05, 0.1) is 19.6 Å². The van der Waals surface area contributed by atoms with E-state index in [9.17, 15) is 14.4 Å². The Morgan fingerprint density at radius 2 is 1.71 bits per heavy atom. The van der Waals surface area contributed by atoms with Crippen LogP contribution in [0.25, 0.3) is 10.8 Å². The molecule has 0 aliphatic rings. The van der Waals surface area contributed by atoms with Crippen molar-refractivity contribution in [3.8, 4) is 11.5 Å². The Kier molecular flexibility index (Phi) is 9.23. The van der Waals surface area contributed by atoms with Crippen LogP contribution in [0.3, 0.4) is 0 Å². The van der Waals surface area contributed by atoms with Crippen LogP contribution in [0.4, 0.5) is 0 Å². The van der Waals surface area contributed by atoms with Crippen molar-refractivity contribution in [1.29, 1.82) is 0 Å². The van der Waals surface area contributed by atoms with Gasteiger partial charge >= 0.3 is 5.97 Å². The van der Waals surface area contributed by atoms with Crippen LogP contribution >= 0.6 is 0 Å². The molecular formula is C26H31N3O6. The molecule has 0 unspecified atom stereocenters. The second-order valence-electron chi connectivity index (χ2n) is 8.03. The van der Waals surface area contributed by atoms with Crippen molar-refractivity contribution in [2.45, 2.75) is 45.7 Å². The van der Waals surface area contributed by atoms with Crippen LogP contribution in [0.5, 0.6) is 11.5 Å². The highest BCUT2D eigenvalue weighted by Gasteiger charge is 2.19. The van der Waals surface area contributed by atoms with Gasteiger partial charge in [-0.15, -0.1) is 0 Å². The summed E-state index contributed by atoms with van der Waals surface area (Å²) in [6.45, 7) is 2.27. The monoisotopic (exact) mass is 481 g/mol. The first-order chi connectivity index (χ1) is 17.0. The first-order valence-corrected chi connectivity index (χ1v) is 11.6. The molecule has 0 aliphatic carbocycles. The molecule has 9 nitrogen and oxygen atoms in total. The van der Waals surface area contributed by atoms with Crippen LogP contribution < -0.4 is 20.3 Å². The molecule has 0 spiro atoms. The number of nitrogens with one attached hydrogen (secondary N) is 1. The Bertz CT molecular complexity index is 1240. The molecule has 3 aromatic rings. The van der Waals surface area contributed by atoms with E-state index in [1.165, 1.54) is 11.8 Å². The third-order valence-corrected chi connectivity index (χ3v) is 5.56. The first kappa shape index (κ1) is 25.7. The number of aryl methyl sites for hydroxylation is 1. The van der Waals surface area contributed by atoms with Crippen molar-refractivity contribution in [1.82, 2.24) is 15.1 Å². The minimum absolute atomic E-state index is 0.0170. The summed E-state index contributed by atoms with van der Waals surface area (Å²) in [5, 5.41) is 7.77. The number of amides is 1. The summed E-state index contributed by atoms with van der Waals surface area (Å²) in [5.41, 5.74) is 0.565. The van der Waals surface area contributed by atoms with Gasteiger partial charge in [-0.2, -0.15) is 5.10 Å². The van der Waals surface area contributed by atoms with Crippen molar-refractivity contribution in [3.05, 3.63) is 64.1 Å². The van der Waals surface area contributed by atoms with Gasteiger partial charge in [0.15, 0.2) is 23.8 Å². The molecule has 1 heterocycles. The molecule has 0 bridgehead atoms. The van der Waals surface area contributed by atoms with Gasteiger partial charge in [-0.25, -0.2) is 9.48 Å². The normalized spacial score (nSPS) is 10.7. The molecule has 0 aliphatic heterocycles. The fourth-order valence-electron chi connectivity index (χ4n) is 3.67. The Hall–Kier alpha value is -3.88. The van der Waals surface area contributed by atoms with Crippen molar-refractivity contribution in [2.75, 3.05) is 20.8 Å². The molecular weight excluding hydrogens is 450 g/mol. The molecule has 0 radical (unpaired) electrons. The average molecular weight is 482 g/mol. The van der Waals surface area contributed by atoms with E-state index in [1.54, 1.807) is 49.6 Å². The van der Waals surface area contributed by atoms with Crippen LogP contribution in [-0.2, 0) is 22.6 Å². The summed E-state index contributed by atoms with van der Waals surface area (Å²) in [5.74, 6) is -0.0912. The number of fused-ring (bicyclic) bond motifs is 1. The molecule has 35 heavy (non-hydrogen) atoms. The van der Waals surface area contributed by atoms with Crippen LogP contribution in [0.15, 0.2) is 47.3 Å². The molecule has 3 rings (SSSR count). The van der Waals surface area contributed by atoms with Crippen molar-refractivity contribution in [2.24, 2.45) is 0 Å². The molecule has 1 aromatic heterocycles. The van der Waals surface area contributed by atoms with Gasteiger partial charge in [0.1, 0.15) is 0 Å². The lowest BCUT2D eigenvalue weighted by molar-refractivity contribution is -0.124. The zero-order valence-corrected chi connectivity index (χ0v) is 20.3. The molecule has 186 valence electrons. The van der Waals surface area contributed by atoms with Gasteiger partial charge in [0, 0.05) is 18.5 Å². The van der Waals surface area contributed by atoms with Crippen molar-refractivity contribution >= 4 is 22.6 Å². The molecule has 0 saturated carbocycles. The zero-order chi connectivity index (χ0) is 25.2. The molecule has 1 N–H and O–H groups in total. The quantitative estimate of drug-likeness (QED) is 0.312. The van der Waals surface area contributed by atoms with Gasteiger partial charge in [0.2, 0.25) is 0 Å². The van der Waals surface area contributed by atoms with Gasteiger partial charge < -0.3 is 19.5 Å². The van der Waals surface area contributed by atoms with Gasteiger partial charge in [-0.05, 0) is 30.2 Å². The molecule has 0 atom stereocenters. The minimum Gasteiger partial charge on any atom is -0.493 e. The number of carbonyl (C=O) groups excluding carboxylic acids is 2. The molecule has 9 heteroatoms. The predicted octanol–water partition coefficient (Wildman–Crippen LogP) is 3.47. The maximum Gasteiger partial charge on any atom is 0.359 e. The van der Waals surface area contributed by atoms with Crippen molar-refractivity contribution in [3.63, 3.8) is 0 Å². The molecule has 0 fully saturated rings. The second-order valence-corrected chi connectivity index (χ2v) is 8.03. The minimum atomic E-state index is -0.759. The third kappa shape index (κ3) is 6.59. The van der Waals surface area contributed by atoms with E-state index < -0.39 is 18.5 Å². The summed E-state index contributed by atoms with van der Waals surface area (Å²) in [4.78, 5) is 37.9. The smallest absolute Gasteiger partial charge is 0.359 e. The highest BCUT2D eigenvalue weighted by atomic mass is 16.5. The number of hydrogen-bond donors (Lipinski definition) is 1. The van der Waals surface area contributed by atoms with E-state index in [0.29, 0.717) is 28.8 Å². The standard InChI is InChI=1S/C26H31N3O6/c1-4-5-6-9-14-29-25(31)20-11-8-7-10-19(20)24(28-29)26(32)35-17-23(30)27-16-18-12-13-21(33-2)22(15-18)34-3/h7-8,10-13,15H,4-6,9,14,16-17H2,1-3H3,(H,27,30). The average Bonchev–Trinajstić information content (AvgIpc) is 2.89. The van der Waals surface area contributed by atoms with Gasteiger partial charge in [-0.3, -0.25) is 9.59 Å². The third-order valence-electron chi connectivity index (χ3n) is 5.56. The topological polar surface area (TPSA) is 109 Å². The lowest BCUT2D eigenvalue weighted by Gasteiger charge is -2.12. The van der Waals surface area contributed by atoms with Crippen molar-refractivity contribution < 1.29 is 23.8 Å². The predicted molar refractivity (Wildman–Crippen MR) is 132 cm³/mol. The lowest BCUT2D eigenvalue weighted by atomic mass is 10.1. The molecule has 2 aromatic carbocycles. The zero-order valence-electron chi connectivity index (χ0n) is 20.3. The van der Waals surface area contributed by atoms with E-state index in [1.807, 2.05) is 0 Å². The number of rotatable bonds is 12. The van der Waals surface area contributed by atoms with Crippen LogP contribution in [0, 0.1) is 0 Å². The van der Waals surface area contributed by atoms with E-state index in [2.05, 4.69) is 17.3 Å². The largest absolute Gasteiger partial charge is 0.493 e. The summed E-state index contributed by atoms with van der Waals surface area (Å²) in [7, 11) is 3.08. The Labute approximate surface area is 204 Å². The molecule has 0 saturated heterocycles. The number of methoxy groups -OCH3 is 2. The number of unbranched alkanes of at least 4 members (excludes halogenated alkanes) is 3. The number of esters is 1. The van der Waals surface area contributed by atoms with E-state index in [-0.39, 0.29) is 17.8 Å². The Balaban J connectivity index is 1.66. The lowest BCUT2D eigenvalue weighted by Crippen LogP contribution is -2.30. The highest BCUT2D eigenvalue weighted by molar-refractivity contribution is 6.02.